The van der Waals surface area contributed by atoms with Crippen molar-refractivity contribution in [3.05, 3.63) is 48.0 Å². The summed E-state index contributed by atoms with van der Waals surface area (Å²) in [7, 11) is 1.47. The maximum atomic E-state index is 9.34. The van der Waals surface area contributed by atoms with E-state index in [9.17, 15) is 10.0 Å². The molecule has 0 bridgehead atoms. The molecule has 2 aromatic carbocycles. The molecule has 0 atom stereocenters. The summed E-state index contributed by atoms with van der Waals surface area (Å²) in [5.74, 6) is 1.70. The van der Waals surface area contributed by atoms with Crippen LogP contribution >= 0.6 is 0 Å². The van der Waals surface area contributed by atoms with E-state index >= 15 is 0 Å². The monoisotopic (exact) mass is 288 g/mol. The van der Waals surface area contributed by atoms with Crippen LogP contribution in [0, 0.1) is 0 Å². The molecule has 0 heterocycles. The SMILES string of the molecule is COc1ccccc1OCc1ccc(OC)c(B(O)O)c1. The highest BCUT2D eigenvalue weighted by Gasteiger charge is 2.17. The smallest absolute Gasteiger partial charge is 0.492 e. The Morgan fingerprint density at radius 3 is 2.19 bits per heavy atom. The molecule has 0 aliphatic carbocycles. The topological polar surface area (TPSA) is 68.2 Å². The quantitative estimate of drug-likeness (QED) is 0.775. The first-order chi connectivity index (χ1) is 10.2. The summed E-state index contributed by atoms with van der Waals surface area (Å²) in [6, 6.07) is 12.5. The second-order valence-corrected chi connectivity index (χ2v) is 4.39. The van der Waals surface area contributed by atoms with Gasteiger partial charge in [-0.15, -0.1) is 0 Å². The van der Waals surface area contributed by atoms with E-state index in [0.717, 1.165) is 5.56 Å². The average Bonchev–Trinajstić information content (AvgIpc) is 2.52. The van der Waals surface area contributed by atoms with E-state index in [1.165, 1.54) is 7.11 Å². The molecule has 0 amide bonds. The van der Waals surface area contributed by atoms with Crippen molar-refractivity contribution in [2.45, 2.75) is 6.61 Å². The Morgan fingerprint density at radius 1 is 0.905 bits per heavy atom. The van der Waals surface area contributed by atoms with Crippen LogP contribution in [0.4, 0.5) is 0 Å². The molecule has 5 nitrogen and oxygen atoms in total. The standard InChI is InChI=1S/C15H17BO5/c1-19-13-8-7-11(9-12(13)16(17)18)10-21-15-6-4-3-5-14(15)20-2/h3-9,17-18H,10H2,1-2H3. The zero-order valence-electron chi connectivity index (χ0n) is 11.9. The first-order valence-electron chi connectivity index (χ1n) is 6.44. The predicted molar refractivity (Wildman–Crippen MR) is 80.1 cm³/mol. The van der Waals surface area contributed by atoms with E-state index in [1.807, 2.05) is 24.3 Å². The van der Waals surface area contributed by atoms with Crippen molar-refractivity contribution in [3.8, 4) is 17.2 Å². The van der Waals surface area contributed by atoms with Crippen LogP contribution in [0.2, 0.25) is 0 Å². The van der Waals surface area contributed by atoms with Crippen LogP contribution in [0.1, 0.15) is 5.56 Å². The molecule has 0 unspecified atom stereocenters. The lowest BCUT2D eigenvalue weighted by molar-refractivity contribution is 0.284. The van der Waals surface area contributed by atoms with Gasteiger partial charge >= 0.3 is 7.12 Å². The van der Waals surface area contributed by atoms with Gasteiger partial charge in [-0.25, -0.2) is 0 Å². The second kappa shape index (κ2) is 7.01. The van der Waals surface area contributed by atoms with E-state index in [1.54, 1.807) is 25.3 Å². The van der Waals surface area contributed by atoms with Crippen molar-refractivity contribution in [2.24, 2.45) is 0 Å². The first kappa shape index (κ1) is 15.2. The molecule has 0 radical (unpaired) electrons. The summed E-state index contributed by atoms with van der Waals surface area (Å²) >= 11 is 0. The fourth-order valence-electron chi connectivity index (χ4n) is 1.97. The summed E-state index contributed by atoms with van der Waals surface area (Å²) < 4.78 is 16.0. The van der Waals surface area contributed by atoms with Crippen molar-refractivity contribution in [1.29, 1.82) is 0 Å². The van der Waals surface area contributed by atoms with Crippen molar-refractivity contribution in [1.82, 2.24) is 0 Å². The molecule has 110 valence electrons. The Bertz CT molecular complexity index is 600. The minimum atomic E-state index is -1.59. The third kappa shape index (κ3) is 3.68. The zero-order chi connectivity index (χ0) is 15.2. The summed E-state index contributed by atoms with van der Waals surface area (Å²) in [4.78, 5) is 0. The largest absolute Gasteiger partial charge is 0.497 e. The van der Waals surface area contributed by atoms with E-state index in [4.69, 9.17) is 14.2 Å². The van der Waals surface area contributed by atoms with E-state index in [2.05, 4.69) is 0 Å². The van der Waals surface area contributed by atoms with Gasteiger partial charge in [0.15, 0.2) is 11.5 Å². The molecular formula is C15H17BO5. The third-order valence-electron chi connectivity index (χ3n) is 3.04. The molecule has 2 aromatic rings. The number of para-hydroxylation sites is 2. The number of rotatable bonds is 6. The minimum absolute atomic E-state index is 0.282. The number of methoxy groups -OCH3 is 2. The van der Waals surface area contributed by atoms with Gasteiger partial charge in [-0.3, -0.25) is 0 Å². The molecule has 0 spiro atoms. The van der Waals surface area contributed by atoms with Crippen molar-refractivity contribution in [2.75, 3.05) is 14.2 Å². The Kier molecular flexibility index (Phi) is 5.08. The Morgan fingerprint density at radius 2 is 1.57 bits per heavy atom. The molecule has 0 saturated carbocycles. The highest BCUT2D eigenvalue weighted by Crippen LogP contribution is 2.26. The van der Waals surface area contributed by atoms with Gasteiger partial charge in [-0.1, -0.05) is 24.3 Å². The van der Waals surface area contributed by atoms with Crippen LogP contribution in [0.25, 0.3) is 0 Å². The number of hydrogen-bond donors (Lipinski definition) is 2. The summed E-state index contributed by atoms with van der Waals surface area (Å²) in [5.41, 5.74) is 1.10. The highest BCUT2D eigenvalue weighted by atomic mass is 16.5. The number of hydrogen-bond acceptors (Lipinski definition) is 5. The lowest BCUT2D eigenvalue weighted by atomic mass is 9.79. The summed E-state index contributed by atoms with van der Waals surface area (Å²) in [5, 5.41) is 18.7. The van der Waals surface area contributed by atoms with Crippen molar-refractivity contribution < 1.29 is 24.3 Å². The van der Waals surface area contributed by atoms with Crippen LogP contribution in [0.15, 0.2) is 42.5 Å². The van der Waals surface area contributed by atoms with Crippen molar-refractivity contribution in [3.63, 3.8) is 0 Å². The Labute approximate surface area is 123 Å². The van der Waals surface area contributed by atoms with Gasteiger partial charge in [0.05, 0.1) is 14.2 Å². The normalized spacial score (nSPS) is 10.1. The third-order valence-corrected chi connectivity index (χ3v) is 3.04. The van der Waals surface area contributed by atoms with Gasteiger partial charge in [0.25, 0.3) is 0 Å². The van der Waals surface area contributed by atoms with Gasteiger partial charge in [0.2, 0.25) is 0 Å². The van der Waals surface area contributed by atoms with Crippen LogP contribution in [0.5, 0.6) is 17.2 Å². The number of benzene rings is 2. The fraction of sp³-hybridized carbons (Fsp3) is 0.200. The molecule has 2 rings (SSSR count). The average molecular weight is 288 g/mol. The van der Waals surface area contributed by atoms with Gasteiger partial charge in [-0.2, -0.15) is 0 Å². The molecule has 0 aliphatic heterocycles. The molecule has 6 heteroatoms. The van der Waals surface area contributed by atoms with E-state index in [-0.39, 0.29) is 6.61 Å². The fourth-order valence-corrected chi connectivity index (χ4v) is 1.97. The second-order valence-electron chi connectivity index (χ2n) is 4.39. The van der Waals surface area contributed by atoms with Crippen LogP contribution in [0.3, 0.4) is 0 Å². The molecule has 0 fully saturated rings. The lowest BCUT2D eigenvalue weighted by Gasteiger charge is -2.12. The number of ether oxygens (including phenoxy) is 3. The van der Waals surface area contributed by atoms with Crippen LogP contribution in [-0.4, -0.2) is 31.4 Å². The highest BCUT2D eigenvalue weighted by molar-refractivity contribution is 6.59. The zero-order valence-corrected chi connectivity index (χ0v) is 11.9. The van der Waals surface area contributed by atoms with Gasteiger partial charge in [-0.05, 0) is 23.8 Å². The first-order valence-corrected chi connectivity index (χ1v) is 6.44. The van der Waals surface area contributed by atoms with Gasteiger partial charge in [0.1, 0.15) is 12.4 Å². The van der Waals surface area contributed by atoms with Gasteiger partial charge in [0, 0.05) is 5.46 Å². The van der Waals surface area contributed by atoms with Crippen LogP contribution in [-0.2, 0) is 6.61 Å². The van der Waals surface area contributed by atoms with E-state index < -0.39 is 7.12 Å². The van der Waals surface area contributed by atoms with Gasteiger partial charge < -0.3 is 24.3 Å². The van der Waals surface area contributed by atoms with E-state index in [0.29, 0.717) is 22.7 Å². The molecule has 2 N–H and O–H groups in total. The maximum Gasteiger partial charge on any atom is 0.492 e. The summed E-state index contributed by atoms with van der Waals surface area (Å²) in [6.45, 7) is 0.282. The molecular weight excluding hydrogens is 271 g/mol. The molecule has 0 aromatic heterocycles. The van der Waals surface area contributed by atoms with Crippen LogP contribution < -0.4 is 19.7 Å². The minimum Gasteiger partial charge on any atom is -0.497 e. The Hall–Kier alpha value is -2.18. The molecule has 0 saturated heterocycles. The summed E-state index contributed by atoms with van der Waals surface area (Å²) in [6.07, 6.45) is 0. The van der Waals surface area contributed by atoms with Crippen molar-refractivity contribution >= 4 is 12.6 Å². The predicted octanol–water partition coefficient (Wildman–Crippen LogP) is 0.963. The molecule has 0 aliphatic rings. The lowest BCUT2D eigenvalue weighted by Crippen LogP contribution is -2.31. The Balaban J connectivity index is 2.15. The molecule has 21 heavy (non-hydrogen) atoms. The maximum absolute atomic E-state index is 9.34.